The highest BCUT2D eigenvalue weighted by Gasteiger charge is 2.50. The molecule has 0 saturated carbocycles. The van der Waals surface area contributed by atoms with Gasteiger partial charge >= 0.3 is 0 Å². The van der Waals surface area contributed by atoms with Crippen LogP contribution in [0.4, 0.5) is 4.39 Å². The number of aromatic nitrogens is 4. The first-order valence-corrected chi connectivity index (χ1v) is 25.1. The van der Waals surface area contributed by atoms with E-state index in [0.29, 0.717) is 16.7 Å². The number of aliphatic hydroxyl groups excluding tert-OH is 1. The van der Waals surface area contributed by atoms with Gasteiger partial charge in [0.1, 0.15) is 41.7 Å². The number of carbonyl (C=O) groups excluding carboxylic acids is 4. The number of amides is 4. The number of thiazole rings is 1. The van der Waals surface area contributed by atoms with Gasteiger partial charge in [0.25, 0.3) is 0 Å². The average Bonchev–Trinajstić information content (AvgIpc) is 4.06. The third kappa shape index (κ3) is 12.3. The van der Waals surface area contributed by atoms with E-state index < -0.39 is 60.1 Å². The Morgan fingerprint density at radius 3 is 2.24 bits per heavy atom. The van der Waals surface area contributed by atoms with Crippen molar-refractivity contribution in [1.29, 1.82) is 0 Å². The normalized spacial score (nSPS) is 18.1. The van der Waals surface area contributed by atoms with Crippen LogP contribution < -0.4 is 16.0 Å². The molecule has 4 N–H and O–H groups in total. The number of halogens is 2. The van der Waals surface area contributed by atoms with Gasteiger partial charge in [0.15, 0.2) is 12.0 Å². The molecule has 374 valence electrons. The molecule has 1 saturated heterocycles. The number of aryl methyl sites for hydroxylation is 3. The summed E-state index contributed by atoms with van der Waals surface area (Å²) in [6.07, 6.45) is -3.56. The number of ether oxygens (including phenoxy) is 3. The zero-order valence-corrected chi connectivity index (χ0v) is 42.6. The topological polar surface area (TPSA) is 211 Å². The van der Waals surface area contributed by atoms with E-state index in [0.717, 1.165) is 58.9 Å². The highest BCUT2D eigenvalue weighted by molar-refractivity contribution is 7.15. The van der Waals surface area contributed by atoms with Crippen molar-refractivity contribution in [2.45, 2.75) is 91.8 Å². The summed E-state index contributed by atoms with van der Waals surface area (Å²) in [7, 11) is 0. The van der Waals surface area contributed by atoms with Gasteiger partial charge in [-0.1, -0.05) is 68.8 Å². The highest BCUT2D eigenvalue weighted by atomic mass is 35.5. The largest absolute Gasteiger partial charge is 0.388 e. The van der Waals surface area contributed by atoms with Crippen molar-refractivity contribution >= 4 is 63.6 Å². The van der Waals surface area contributed by atoms with Crippen LogP contribution in [-0.4, -0.2) is 136 Å². The molecule has 4 amide bonds. The lowest BCUT2D eigenvalue weighted by Crippen LogP contribution is -2.59. The number of β-amino-alcohol motifs (C(OH)–C–C–N with tert-alkyl or cyclic N) is 1. The fourth-order valence-corrected chi connectivity index (χ4v) is 10.4. The second-order valence-corrected chi connectivity index (χ2v) is 20.7. The van der Waals surface area contributed by atoms with Crippen LogP contribution in [0.15, 0.2) is 59.0 Å². The van der Waals surface area contributed by atoms with Crippen LogP contribution in [0, 0.1) is 33.1 Å². The first-order valence-electron chi connectivity index (χ1n) is 23.0. The molecule has 0 radical (unpaired) electrons. The number of nitrogens with zero attached hydrogens (tertiary/aromatic N) is 6. The van der Waals surface area contributed by atoms with Crippen LogP contribution in [0.3, 0.4) is 0 Å². The van der Waals surface area contributed by atoms with Crippen molar-refractivity contribution in [2.75, 3.05) is 52.7 Å². The molecule has 5 atom stereocenters. The summed E-state index contributed by atoms with van der Waals surface area (Å²) in [4.78, 5) is 66.3. The maximum absolute atomic E-state index is 15.4. The monoisotopic (exact) mass is 1020 g/mol. The molecule has 7 rings (SSSR count). The third-order valence-electron chi connectivity index (χ3n) is 12.1. The average molecular weight is 1020 g/mol. The van der Waals surface area contributed by atoms with Gasteiger partial charge in [-0.2, -0.15) is 0 Å². The molecular weight excluding hydrogens is 961 g/mol. The molecule has 3 aromatic heterocycles. The van der Waals surface area contributed by atoms with Crippen LogP contribution >= 0.6 is 34.3 Å². The van der Waals surface area contributed by atoms with Crippen LogP contribution in [0.25, 0.3) is 15.4 Å². The zero-order valence-electron chi connectivity index (χ0n) is 40.2. The molecular formula is C49H59ClFN9O8S2. The second-order valence-electron chi connectivity index (χ2n) is 18.2. The summed E-state index contributed by atoms with van der Waals surface area (Å²) in [6.45, 7) is 13.6. The number of aliphatic imine (C=N–C) groups is 1. The number of rotatable bonds is 20. The van der Waals surface area contributed by atoms with Gasteiger partial charge in [-0.05, 0) is 61.9 Å². The first-order chi connectivity index (χ1) is 33.4. The Balaban J connectivity index is 0.806. The van der Waals surface area contributed by atoms with Crippen LogP contribution in [0.2, 0.25) is 5.02 Å². The molecule has 17 nitrogen and oxygen atoms in total. The molecule has 5 aromatic rings. The van der Waals surface area contributed by atoms with Gasteiger partial charge in [-0.15, -0.1) is 32.9 Å². The van der Waals surface area contributed by atoms with E-state index in [-0.39, 0.29) is 65.1 Å². The Bertz CT molecular complexity index is 2680. The van der Waals surface area contributed by atoms with Crippen LogP contribution in [0.5, 0.6) is 0 Å². The fourth-order valence-electron chi connectivity index (χ4n) is 8.22. The molecule has 5 heterocycles. The number of hydrogen-bond donors (Lipinski definition) is 4. The number of likely N-dealkylation sites (tertiary alicyclic amines) is 1. The Kier molecular flexibility index (Phi) is 17.3. The Morgan fingerprint density at radius 2 is 1.57 bits per heavy atom. The summed E-state index contributed by atoms with van der Waals surface area (Å²) in [6, 6.07) is 11.7. The van der Waals surface area contributed by atoms with Gasteiger partial charge in [0.2, 0.25) is 23.6 Å². The predicted molar refractivity (Wildman–Crippen MR) is 265 cm³/mol. The van der Waals surface area contributed by atoms with Crippen LogP contribution in [0.1, 0.15) is 77.7 Å². The van der Waals surface area contributed by atoms with Gasteiger partial charge in [0, 0.05) is 34.1 Å². The number of thiophene rings is 1. The molecule has 1 unspecified atom stereocenters. The van der Waals surface area contributed by atoms with Gasteiger partial charge in [-0.3, -0.25) is 28.7 Å². The Labute approximate surface area is 419 Å². The molecule has 1 fully saturated rings. The van der Waals surface area contributed by atoms with E-state index in [4.69, 9.17) is 30.8 Å². The Hall–Kier alpha value is -5.48. The quantitative estimate of drug-likeness (QED) is 0.0711. The number of hydrogen-bond acceptors (Lipinski definition) is 14. The van der Waals surface area contributed by atoms with E-state index in [2.05, 4.69) is 45.0 Å². The minimum absolute atomic E-state index is 0.0457. The number of alkyl halides is 1. The first kappa shape index (κ1) is 52.3. The molecule has 2 aliphatic rings. The van der Waals surface area contributed by atoms with E-state index in [1.807, 2.05) is 66.9 Å². The maximum Gasteiger partial charge on any atom is 0.246 e. The molecule has 0 bridgehead atoms. The van der Waals surface area contributed by atoms with Crippen molar-refractivity contribution in [3.63, 3.8) is 0 Å². The predicted octanol–water partition coefficient (Wildman–Crippen LogP) is 5.54. The lowest BCUT2D eigenvalue weighted by atomic mass is 9.85. The van der Waals surface area contributed by atoms with Crippen LogP contribution in [-0.2, 0) is 39.9 Å². The standard InChI is InChI=1S/C49H59ClFN9O8S2/c1-27-29(3)70-48-39(27)41(32-12-14-34(50)15-13-32)55-35(45-58-57-30(4)60(45)48)22-37(62)52-16-17-66-18-19-67-20-21-68-25-38(63)56-44(49(5,6)7)47(65)59-24-36(61)40(51)42(59)46(64)53-23-31-8-10-33(11-9-31)43-28(2)54-26-69-43/h8-15,26,35-36,40,42,44,61H,16-25H2,1-7H3,(H,52,62)(H,53,64)(H,56,63)/t35-,36-,40-,42-,44?/m0/s1. The lowest BCUT2D eigenvalue weighted by molar-refractivity contribution is -0.145. The van der Waals surface area contributed by atoms with Crippen molar-refractivity contribution in [2.24, 2.45) is 10.4 Å². The van der Waals surface area contributed by atoms with Gasteiger partial charge in [-0.25, -0.2) is 9.37 Å². The van der Waals surface area contributed by atoms with Gasteiger partial charge in [0.05, 0.1) is 67.8 Å². The molecule has 21 heteroatoms. The fraction of sp³-hybridized carbons (Fsp3) is 0.469. The molecule has 2 aliphatic heterocycles. The summed E-state index contributed by atoms with van der Waals surface area (Å²) >= 11 is 9.39. The van der Waals surface area contributed by atoms with E-state index >= 15 is 4.39 Å². The molecule has 70 heavy (non-hydrogen) atoms. The third-order valence-corrected chi connectivity index (χ3v) is 14.5. The van der Waals surface area contributed by atoms with Crippen molar-refractivity contribution in [3.05, 3.63) is 104 Å². The number of aliphatic hydroxyl groups is 1. The zero-order chi connectivity index (χ0) is 50.3. The van der Waals surface area contributed by atoms with Gasteiger partial charge < -0.3 is 40.2 Å². The SMILES string of the molecule is Cc1ncsc1-c1ccc(CNC(=O)[C@@H]2[C@@H](F)[C@@H](O)CN2C(=O)C(NC(=O)COCCOCCOCCNC(=O)C[C@@H]2N=C(c3ccc(Cl)cc3)c3c(sc(C)c3C)-n3c(C)nnc32)C(C)(C)C)cc1. The number of fused-ring (bicyclic) bond motifs is 3. The number of nitrogens with one attached hydrogen (secondary N) is 3. The number of carbonyl (C=O) groups is 4. The molecule has 0 spiro atoms. The summed E-state index contributed by atoms with van der Waals surface area (Å²) in [5.41, 5.74) is 7.32. The minimum Gasteiger partial charge on any atom is -0.388 e. The summed E-state index contributed by atoms with van der Waals surface area (Å²) in [5.74, 6) is -0.984. The van der Waals surface area contributed by atoms with Crippen molar-refractivity contribution in [3.8, 4) is 15.4 Å². The van der Waals surface area contributed by atoms with Crippen molar-refractivity contribution < 1.29 is 42.9 Å². The summed E-state index contributed by atoms with van der Waals surface area (Å²) < 4.78 is 34.1. The summed E-state index contributed by atoms with van der Waals surface area (Å²) in [5, 5.41) is 29.2. The lowest BCUT2D eigenvalue weighted by Gasteiger charge is -2.35. The minimum atomic E-state index is -2.03. The smallest absolute Gasteiger partial charge is 0.246 e. The number of benzene rings is 2. The molecule has 2 aromatic carbocycles. The van der Waals surface area contributed by atoms with E-state index in [1.165, 1.54) is 11.3 Å². The Morgan fingerprint density at radius 1 is 0.900 bits per heavy atom. The van der Waals surface area contributed by atoms with E-state index in [9.17, 15) is 24.3 Å². The highest BCUT2D eigenvalue weighted by Crippen LogP contribution is 2.40. The maximum atomic E-state index is 15.4. The second kappa shape index (κ2) is 23.2. The van der Waals surface area contributed by atoms with E-state index in [1.54, 1.807) is 37.6 Å². The van der Waals surface area contributed by atoms with Crippen molar-refractivity contribution in [1.82, 2.24) is 40.6 Å². The molecule has 0 aliphatic carbocycles.